The molecule has 3 atom stereocenters. The molecule has 0 aliphatic heterocycles. The molecule has 0 radical (unpaired) electrons. The van der Waals surface area contributed by atoms with Gasteiger partial charge >= 0.3 is 0 Å². The van der Waals surface area contributed by atoms with Crippen molar-refractivity contribution in [3.8, 4) is 0 Å². The van der Waals surface area contributed by atoms with Crippen LogP contribution >= 0.6 is 0 Å². The maximum absolute atomic E-state index is 12.5. The molecule has 3 amide bonds. The van der Waals surface area contributed by atoms with Gasteiger partial charge in [0.1, 0.15) is 6.04 Å². The van der Waals surface area contributed by atoms with E-state index in [1.165, 1.54) is 6.92 Å². The molecule has 1 aromatic rings. The van der Waals surface area contributed by atoms with Crippen molar-refractivity contribution in [3.63, 3.8) is 0 Å². The van der Waals surface area contributed by atoms with Gasteiger partial charge in [-0.15, -0.1) is 0 Å². The monoisotopic (exact) mass is 378 g/mol. The standard InChI is InChI=1S/C18H26N4O5/c1-11(24)15(10-23)22-18(27)13(7-8-16(19)25)21-14(17(20)26)9-12-5-3-2-4-6-12/h2-6,13-15,21,23H,7-10H2,1H3,(H2,19,25)(H2,20,26)(H,22,27)/t13?,14-,15?/m0/s1. The molecule has 0 aliphatic rings. The molecule has 7 N–H and O–H groups in total. The van der Waals surface area contributed by atoms with E-state index < -0.39 is 48.2 Å². The second-order valence-corrected chi connectivity index (χ2v) is 6.22. The predicted octanol–water partition coefficient (Wildman–Crippen LogP) is -1.63. The zero-order chi connectivity index (χ0) is 20.4. The Morgan fingerprint density at radius 2 is 1.67 bits per heavy atom. The molecule has 0 saturated carbocycles. The van der Waals surface area contributed by atoms with Crippen molar-refractivity contribution in [2.45, 2.75) is 44.3 Å². The van der Waals surface area contributed by atoms with Gasteiger partial charge in [0.25, 0.3) is 0 Å². The minimum atomic E-state index is -1.07. The molecule has 0 bridgehead atoms. The van der Waals surface area contributed by atoms with Crippen molar-refractivity contribution in [1.82, 2.24) is 10.6 Å². The van der Waals surface area contributed by atoms with E-state index in [1.54, 1.807) is 0 Å². The second kappa shape index (κ2) is 11.0. The Bertz CT molecular complexity index is 665. The number of benzene rings is 1. The number of ketones is 1. The van der Waals surface area contributed by atoms with Crippen molar-refractivity contribution >= 4 is 23.5 Å². The zero-order valence-electron chi connectivity index (χ0n) is 15.2. The Morgan fingerprint density at radius 3 is 2.15 bits per heavy atom. The number of aliphatic hydroxyl groups excluding tert-OH is 1. The number of hydrogen-bond donors (Lipinski definition) is 5. The van der Waals surface area contributed by atoms with Gasteiger partial charge in [-0.3, -0.25) is 24.5 Å². The molecule has 9 nitrogen and oxygen atoms in total. The lowest BCUT2D eigenvalue weighted by Gasteiger charge is -2.25. The molecule has 9 heteroatoms. The number of aliphatic hydroxyl groups is 1. The summed E-state index contributed by atoms with van der Waals surface area (Å²) in [6.07, 6.45) is 0.147. The van der Waals surface area contributed by atoms with Crippen LogP contribution in [0.15, 0.2) is 30.3 Å². The van der Waals surface area contributed by atoms with Crippen molar-refractivity contribution in [1.29, 1.82) is 0 Å². The van der Waals surface area contributed by atoms with E-state index in [4.69, 9.17) is 11.5 Å². The van der Waals surface area contributed by atoms with Crippen LogP contribution in [0.4, 0.5) is 0 Å². The fourth-order valence-electron chi connectivity index (χ4n) is 2.46. The number of hydrogen-bond acceptors (Lipinski definition) is 6. The summed E-state index contributed by atoms with van der Waals surface area (Å²) >= 11 is 0. The summed E-state index contributed by atoms with van der Waals surface area (Å²) in [4.78, 5) is 46.9. The molecular weight excluding hydrogens is 352 g/mol. The highest BCUT2D eigenvalue weighted by atomic mass is 16.3. The molecule has 0 heterocycles. The number of Topliss-reactive ketones (excluding diaryl/α,β-unsaturated/α-hetero) is 1. The quantitative estimate of drug-likeness (QED) is 0.293. The first-order valence-electron chi connectivity index (χ1n) is 8.53. The van der Waals surface area contributed by atoms with E-state index in [9.17, 15) is 24.3 Å². The lowest BCUT2D eigenvalue weighted by Crippen LogP contribution is -2.56. The average molecular weight is 378 g/mol. The molecule has 27 heavy (non-hydrogen) atoms. The summed E-state index contributed by atoms with van der Waals surface area (Å²) < 4.78 is 0. The first-order chi connectivity index (χ1) is 12.7. The van der Waals surface area contributed by atoms with Crippen LogP contribution in [0.2, 0.25) is 0 Å². The molecule has 0 spiro atoms. The summed E-state index contributed by atoms with van der Waals surface area (Å²) in [5.41, 5.74) is 11.4. The topological polar surface area (TPSA) is 165 Å². The number of amides is 3. The molecule has 1 rings (SSSR count). The SMILES string of the molecule is CC(=O)C(CO)NC(=O)C(CCC(N)=O)N[C@@H](Cc1ccccc1)C(N)=O. The van der Waals surface area contributed by atoms with E-state index in [-0.39, 0.29) is 19.3 Å². The Balaban J connectivity index is 2.91. The Morgan fingerprint density at radius 1 is 1.04 bits per heavy atom. The van der Waals surface area contributed by atoms with Crippen LogP contribution in [-0.4, -0.2) is 53.3 Å². The maximum Gasteiger partial charge on any atom is 0.237 e. The number of nitrogens with one attached hydrogen (secondary N) is 2. The van der Waals surface area contributed by atoms with Gasteiger partial charge in [-0.25, -0.2) is 0 Å². The largest absolute Gasteiger partial charge is 0.394 e. The Hall–Kier alpha value is -2.78. The van der Waals surface area contributed by atoms with Crippen LogP contribution in [0.25, 0.3) is 0 Å². The number of primary amides is 2. The first kappa shape index (κ1) is 22.3. The minimum absolute atomic E-state index is 0.00971. The van der Waals surface area contributed by atoms with Crippen LogP contribution in [0.5, 0.6) is 0 Å². The normalized spacial score (nSPS) is 14.0. The number of carbonyl (C=O) groups excluding carboxylic acids is 4. The van der Waals surface area contributed by atoms with Gasteiger partial charge in [0.05, 0.1) is 18.7 Å². The number of rotatable bonds is 12. The lowest BCUT2D eigenvalue weighted by atomic mass is 10.0. The highest BCUT2D eigenvalue weighted by molar-refractivity contribution is 5.90. The molecule has 0 aliphatic carbocycles. The van der Waals surface area contributed by atoms with Gasteiger partial charge in [0, 0.05) is 6.42 Å². The first-order valence-corrected chi connectivity index (χ1v) is 8.53. The second-order valence-electron chi connectivity index (χ2n) is 6.22. The van der Waals surface area contributed by atoms with Crippen molar-refractivity contribution in [2.75, 3.05) is 6.61 Å². The van der Waals surface area contributed by atoms with E-state index in [2.05, 4.69) is 10.6 Å². The third-order valence-electron chi connectivity index (χ3n) is 4.01. The maximum atomic E-state index is 12.5. The number of nitrogens with two attached hydrogens (primary N) is 2. The fourth-order valence-corrected chi connectivity index (χ4v) is 2.46. The Kier molecular flexibility index (Phi) is 9.11. The molecule has 148 valence electrons. The van der Waals surface area contributed by atoms with Crippen molar-refractivity contribution in [2.24, 2.45) is 11.5 Å². The van der Waals surface area contributed by atoms with Gasteiger partial charge in [-0.05, 0) is 25.3 Å². The molecule has 0 saturated heterocycles. The third-order valence-corrected chi connectivity index (χ3v) is 4.01. The van der Waals surface area contributed by atoms with Crippen LogP contribution < -0.4 is 22.1 Å². The van der Waals surface area contributed by atoms with Crippen molar-refractivity contribution < 1.29 is 24.3 Å². The smallest absolute Gasteiger partial charge is 0.237 e. The zero-order valence-corrected chi connectivity index (χ0v) is 15.2. The predicted molar refractivity (Wildman–Crippen MR) is 98.2 cm³/mol. The highest BCUT2D eigenvalue weighted by Gasteiger charge is 2.28. The summed E-state index contributed by atoms with van der Waals surface area (Å²) in [5, 5.41) is 14.4. The molecule has 2 unspecified atom stereocenters. The average Bonchev–Trinajstić information content (AvgIpc) is 2.62. The minimum Gasteiger partial charge on any atom is -0.394 e. The summed E-state index contributed by atoms with van der Waals surface area (Å²) in [5.74, 6) is -2.33. The van der Waals surface area contributed by atoms with Crippen LogP contribution in [0, 0.1) is 0 Å². The summed E-state index contributed by atoms with van der Waals surface area (Å²) in [6.45, 7) is 0.668. The van der Waals surface area contributed by atoms with E-state index >= 15 is 0 Å². The van der Waals surface area contributed by atoms with E-state index in [0.717, 1.165) is 5.56 Å². The van der Waals surface area contributed by atoms with Crippen LogP contribution in [0.1, 0.15) is 25.3 Å². The summed E-state index contributed by atoms with van der Waals surface area (Å²) in [6, 6.07) is 6.13. The highest BCUT2D eigenvalue weighted by Crippen LogP contribution is 2.07. The van der Waals surface area contributed by atoms with E-state index in [1.807, 2.05) is 30.3 Å². The van der Waals surface area contributed by atoms with Crippen LogP contribution in [-0.2, 0) is 25.6 Å². The fraction of sp³-hybridized carbons (Fsp3) is 0.444. The van der Waals surface area contributed by atoms with Gasteiger partial charge in [-0.1, -0.05) is 30.3 Å². The number of carbonyl (C=O) groups is 4. The van der Waals surface area contributed by atoms with Gasteiger partial charge in [-0.2, -0.15) is 0 Å². The lowest BCUT2D eigenvalue weighted by molar-refractivity contribution is -0.130. The van der Waals surface area contributed by atoms with Crippen molar-refractivity contribution in [3.05, 3.63) is 35.9 Å². The Labute approximate surface area is 157 Å². The van der Waals surface area contributed by atoms with Gasteiger partial charge in [0.2, 0.25) is 17.7 Å². The molecular formula is C18H26N4O5. The molecule has 0 fully saturated rings. The molecule has 1 aromatic carbocycles. The molecule has 0 aromatic heterocycles. The summed E-state index contributed by atoms with van der Waals surface area (Å²) in [7, 11) is 0. The van der Waals surface area contributed by atoms with Gasteiger partial charge in [0.15, 0.2) is 5.78 Å². The third kappa shape index (κ3) is 7.97. The van der Waals surface area contributed by atoms with Gasteiger partial charge < -0.3 is 21.9 Å². The van der Waals surface area contributed by atoms with E-state index in [0.29, 0.717) is 0 Å². The van der Waals surface area contributed by atoms with Crippen LogP contribution in [0.3, 0.4) is 0 Å².